The van der Waals surface area contributed by atoms with Crippen molar-refractivity contribution in [3.05, 3.63) is 36.0 Å². The highest BCUT2D eigenvalue weighted by Gasteiger charge is 2.03. The SMILES string of the molecule is CSc1nc(C=O)cc2ccccc12. The molecule has 0 aliphatic heterocycles. The summed E-state index contributed by atoms with van der Waals surface area (Å²) in [7, 11) is 0. The number of fused-ring (bicyclic) bond motifs is 1. The van der Waals surface area contributed by atoms with Gasteiger partial charge in [-0.25, -0.2) is 4.98 Å². The molecule has 2 rings (SSSR count). The Morgan fingerprint density at radius 1 is 1.36 bits per heavy atom. The molecule has 0 saturated carbocycles. The summed E-state index contributed by atoms with van der Waals surface area (Å²) >= 11 is 1.56. The molecule has 0 spiro atoms. The van der Waals surface area contributed by atoms with Crippen molar-refractivity contribution in [2.45, 2.75) is 5.03 Å². The van der Waals surface area contributed by atoms with Gasteiger partial charge in [-0.05, 0) is 17.7 Å². The van der Waals surface area contributed by atoms with Crippen LogP contribution in [0.15, 0.2) is 35.4 Å². The Morgan fingerprint density at radius 3 is 2.86 bits per heavy atom. The van der Waals surface area contributed by atoms with E-state index >= 15 is 0 Å². The molecule has 0 aliphatic rings. The van der Waals surface area contributed by atoms with E-state index in [-0.39, 0.29) is 0 Å². The lowest BCUT2D eigenvalue weighted by Crippen LogP contribution is -1.90. The first-order chi connectivity index (χ1) is 6.85. The minimum atomic E-state index is 0.494. The summed E-state index contributed by atoms with van der Waals surface area (Å²) in [5.41, 5.74) is 0.494. The first-order valence-corrected chi connectivity index (χ1v) is 5.46. The zero-order valence-electron chi connectivity index (χ0n) is 7.73. The Bertz CT molecular complexity index is 482. The normalized spacial score (nSPS) is 10.4. The molecule has 3 heteroatoms. The third kappa shape index (κ3) is 1.51. The molecule has 0 atom stereocenters. The molecule has 0 unspecified atom stereocenters. The monoisotopic (exact) mass is 203 g/mol. The van der Waals surface area contributed by atoms with Crippen LogP contribution >= 0.6 is 11.8 Å². The van der Waals surface area contributed by atoms with Gasteiger partial charge in [-0.15, -0.1) is 11.8 Å². The fourth-order valence-corrected chi connectivity index (χ4v) is 2.01. The third-order valence-electron chi connectivity index (χ3n) is 2.04. The lowest BCUT2D eigenvalue weighted by Gasteiger charge is -2.03. The van der Waals surface area contributed by atoms with Crippen molar-refractivity contribution in [3.63, 3.8) is 0 Å². The Balaban J connectivity index is 2.79. The van der Waals surface area contributed by atoms with Crippen molar-refractivity contribution < 1.29 is 4.79 Å². The summed E-state index contributed by atoms with van der Waals surface area (Å²) in [4.78, 5) is 14.9. The molecule has 2 aromatic rings. The maximum absolute atomic E-state index is 10.6. The van der Waals surface area contributed by atoms with E-state index in [9.17, 15) is 4.79 Å². The van der Waals surface area contributed by atoms with Crippen molar-refractivity contribution >= 4 is 28.8 Å². The van der Waals surface area contributed by atoms with Crippen molar-refractivity contribution in [2.24, 2.45) is 0 Å². The summed E-state index contributed by atoms with van der Waals surface area (Å²) in [6.07, 6.45) is 2.75. The van der Waals surface area contributed by atoms with Gasteiger partial charge < -0.3 is 0 Å². The number of thioether (sulfide) groups is 1. The number of pyridine rings is 1. The molecule has 0 aliphatic carbocycles. The van der Waals surface area contributed by atoms with Crippen LogP contribution in [-0.2, 0) is 0 Å². The van der Waals surface area contributed by atoms with Crippen LogP contribution in [0.1, 0.15) is 10.5 Å². The Kier molecular flexibility index (Phi) is 2.50. The number of aromatic nitrogens is 1. The van der Waals surface area contributed by atoms with Crippen LogP contribution in [0.3, 0.4) is 0 Å². The van der Waals surface area contributed by atoms with E-state index in [4.69, 9.17) is 0 Å². The number of rotatable bonds is 2. The molecule has 1 aromatic carbocycles. The van der Waals surface area contributed by atoms with E-state index in [2.05, 4.69) is 4.98 Å². The minimum absolute atomic E-state index is 0.494. The highest BCUT2D eigenvalue weighted by Crippen LogP contribution is 2.24. The maximum Gasteiger partial charge on any atom is 0.168 e. The van der Waals surface area contributed by atoms with Crippen LogP contribution in [0.25, 0.3) is 10.8 Å². The zero-order valence-corrected chi connectivity index (χ0v) is 8.54. The van der Waals surface area contributed by atoms with Crippen LogP contribution in [0.4, 0.5) is 0 Å². The Morgan fingerprint density at radius 2 is 2.14 bits per heavy atom. The van der Waals surface area contributed by atoms with Gasteiger partial charge in [0, 0.05) is 5.39 Å². The van der Waals surface area contributed by atoms with Crippen LogP contribution in [-0.4, -0.2) is 17.5 Å². The van der Waals surface area contributed by atoms with E-state index in [1.54, 1.807) is 11.8 Å². The quantitative estimate of drug-likeness (QED) is 0.555. The molecule has 14 heavy (non-hydrogen) atoms. The van der Waals surface area contributed by atoms with Crippen LogP contribution in [0.2, 0.25) is 0 Å². The number of aldehydes is 1. The van der Waals surface area contributed by atoms with Crippen molar-refractivity contribution in [2.75, 3.05) is 6.26 Å². The molecule has 0 bridgehead atoms. The van der Waals surface area contributed by atoms with Crippen molar-refractivity contribution in [1.82, 2.24) is 4.98 Å². The minimum Gasteiger partial charge on any atom is -0.296 e. The molecule has 0 fully saturated rings. The van der Waals surface area contributed by atoms with E-state index in [0.29, 0.717) is 5.69 Å². The van der Waals surface area contributed by atoms with Crippen molar-refractivity contribution in [1.29, 1.82) is 0 Å². The first kappa shape index (κ1) is 9.21. The summed E-state index contributed by atoms with van der Waals surface area (Å²) in [6.45, 7) is 0. The van der Waals surface area contributed by atoms with E-state index in [0.717, 1.165) is 22.1 Å². The largest absolute Gasteiger partial charge is 0.296 e. The van der Waals surface area contributed by atoms with E-state index in [1.165, 1.54) is 0 Å². The van der Waals surface area contributed by atoms with Crippen molar-refractivity contribution in [3.8, 4) is 0 Å². The molecule has 1 heterocycles. The molecule has 2 nitrogen and oxygen atoms in total. The Labute approximate surface area is 86.3 Å². The Hall–Kier alpha value is -1.35. The van der Waals surface area contributed by atoms with Gasteiger partial charge >= 0.3 is 0 Å². The smallest absolute Gasteiger partial charge is 0.168 e. The molecule has 0 saturated heterocycles. The third-order valence-corrected chi connectivity index (χ3v) is 2.74. The predicted octanol–water partition coefficient (Wildman–Crippen LogP) is 2.77. The average Bonchev–Trinajstić information content (AvgIpc) is 2.27. The molecular weight excluding hydrogens is 194 g/mol. The number of carbonyl (C=O) groups excluding carboxylic acids is 1. The van der Waals surface area contributed by atoms with E-state index in [1.807, 2.05) is 36.6 Å². The number of nitrogens with zero attached hydrogens (tertiary/aromatic N) is 1. The standard InChI is InChI=1S/C11H9NOS/c1-14-11-10-5-3-2-4-8(10)6-9(7-13)12-11/h2-7H,1H3. The van der Waals surface area contributed by atoms with Gasteiger partial charge in [0.2, 0.25) is 0 Å². The van der Waals surface area contributed by atoms with Gasteiger partial charge in [0.25, 0.3) is 0 Å². The summed E-state index contributed by atoms with van der Waals surface area (Å²) in [5, 5.41) is 3.07. The molecule has 70 valence electrons. The van der Waals surface area contributed by atoms with Crippen LogP contribution < -0.4 is 0 Å². The lowest BCUT2D eigenvalue weighted by atomic mass is 10.1. The fourth-order valence-electron chi connectivity index (χ4n) is 1.40. The second-order valence-corrected chi connectivity index (χ2v) is 3.69. The molecule has 1 aromatic heterocycles. The highest BCUT2D eigenvalue weighted by molar-refractivity contribution is 7.98. The lowest BCUT2D eigenvalue weighted by molar-refractivity contribution is 0.111. The highest BCUT2D eigenvalue weighted by atomic mass is 32.2. The average molecular weight is 203 g/mol. The van der Waals surface area contributed by atoms with Gasteiger partial charge in [-0.2, -0.15) is 0 Å². The van der Waals surface area contributed by atoms with Crippen LogP contribution in [0, 0.1) is 0 Å². The second-order valence-electron chi connectivity index (χ2n) is 2.90. The van der Waals surface area contributed by atoms with Gasteiger partial charge in [-0.1, -0.05) is 24.3 Å². The molecule has 0 amide bonds. The zero-order chi connectivity index (χ0) is 9.97. The number of carbonyl (C=O) groups is 1. The van der Waals surface area contributed by atoms with Crippen LogP contribution in [0.5, 0.6) is 0 Å². The van der Waals surface area contributed by atoms with Gasteiger partial charge in [0.05, 0.1) is 0 Å². The van der Waals surface area contributed by atoms with Gasteiger partial charge in [0.1, 0.15) is 10.7 Å². The molecule has 0 N–H and O–H groups in total. The first-order valence-electron chi connectivity index (χ1n) is 4.24. The summed E-state index contributed by atoms with van der Waals surface area (Å²) in [5.74, 6) is 0. The summed E-state index contributed by atoms with van der Waals surface area (Å²) < 4.78 is 0. The second kappa shape index (κ2) is 3.80. The number of benzene rings is 1. The molecular formula is C11H9NOS. The fraction of sp³-hybridized carbons (Fsp3) is 0.0909. The number of hydrogen-bond donors (Lipinski definition) is 0. The topological polar surface area (TPSA) is 30.0 Å². The molecule has 0 radical (unpaired) electrons. The predicted molar refractivity (Wildman–Crippen MR) is 58.9 cm³/mol. The van der Waals surface area contributed by atoms with Gasteiger partial charge in [0.15, 0.2) is 6.29 Å². The maximum atomic E-state index is 10.6. The summed E-state index contributed by atoms with van der Waals surface area (Å²) in [6, 6.07) is 9.75. The van der Waals surface area contributed by atoms with Gasteiger partial charge in [-0.3, -0.25) is 4.79 Å². The number of hydrogen-bond acceptors (Lipinski definition) is 3. The van der Waals surface area contributed by atoms with E-state index < -0.39 is 0 Å².